The Morgan fingerprint density at radius 3 is 2.28 bits per heavy atom. The molecule has 2 aromatic rings. The lowest BCUT2D eigenvalue weighted by Gasteiger charge is -2.30. The van der Waals surface area contributed by atoms with Crippen LogP contribution in [0, 0.1) is 12.8 Å². The van der Waals surface area contributed by atoms with E-state index in [2.05, 4.69) is 5.32 Å². The van der Waals surface area contributed by atoms with Crippen molar-refractivity contribution in [2.75, 3.05) is 13.1 Å². The summed E-state index contributed by atoms with van der Waals surface area (Å²) in [5.74, 6) is -0.856. The van der Waals surface area contributed by atoms with Crippen LogP contribution in [0.3, 0.4) is 0 Å². The number of carbonyl (C=O) groups is 2. The number of nitrogens with two attached hydrogens (primary N) is 1. The molecule has 29 heavy (non-hydrogen) atoms. The fourth-order valence-electron chi connectivity index (χ4n) is 3.43. The van der Waals surface area contributed by atoms with Gasteiger partial charge in [0.05, 0.1) is 4.90 Å². The number of nitrogens with zero attached hydrogens (tertiary/aromatic N) is 1. The van der Waals surface area contributed by atoms with Crippen LogP contribution in [-0.4, -0.2) is 37.6 Å². The van der Waals surface area contributed by atoms with Gasteiger partial charge in [-0.3, -0.25) is 9.59 Å². The zero-order valence-corrected chi connectivity index (χ0v) is 17.1. The lowest BCUT2D eigenvalue weighted by Crippen LogP contribution is -2.42. The van der Waals surface area contributed by atoms with E-state index in [1.807, 2.05) is 31.2 Å². The summed E-state index contributed by atoms with van der Waals surface area (Å²) in [5, 5.41) is 2.96. The Hall–Kier alpha value is -2.71. The molecule has 1 aliphatic heterocycles. The van der Waals surface area contributed by atoms with Gasteiger partial charge in [-0.2, -0.15) is 4.31 Å². The first-order chi connectivity index (χ1) is 13.8. The maximum absolute atomic E-state index is 12.8. The molecule has 0 atom stereocenters. The van der Waals surface area contributed by atoms with Crippen molar-refractivity contribution in [3.05, 3.63) is 65.2 Å². The number of benzene rings is 2. The summed E-state index contributed by atoms with van der Waals surface area (Å²) in [6.07, 6.45) is 0.941. The number of rotatable bonds is 6. The number of carbonyl (C=O) groups excluding carboxylic acids is 2. The maximum atomic E-state index is 12.8. The molecule has 0 spiro atoms. The summed E-state index contributed by atoms with van der Waals surface area (Å²) in [7, 11) is -3.66. The Balaban J connectivity index is 1.57. The molecule has 0 radical (unpaired) electrons. The predicted molar refractivity (Wildman–Crippen MR) is 109 cm³/mol. The first kappa shape index (κ1) is 21.0. The van der Waals surface area contributed by atoms with Gasteiger partial charge >= 0.3 is 0 Å². The van der Waals surface area contributed by atoms with Crippen LogP contribution in [0.25, 0.3) is 0 Å². The molecule has 3 rings (SSSR count). The third kappa shape index (κ3) is 4.83. The molecule has 3 N–H and O–H groups in total. The van der Waals surface area contributed by atoms with Crippen molar-refractivity contribution >= 4 is 21.8 Å². The van der Waals surface area contributed by atoms with E-state index >= 15 is 0 Å². The summed E-state index contributed by atoms with van der Waals surface area (Å²) in [6, 6.07) is 13.5. The van der Waals surface area contributed by atoms with E-state index in [0.717, 1.165) is 11.1 Å². The predicted octanol–water partition coefficient (Wildman–Crippen LogP) is 1.81. The number of amides is 2. The molecule has 154 valence electrons. The van der Waals surface area contributed by atoms with Crippen molar-refractivity contribution in [3.63, 3.8) is 0 Å². The van der Waals surface area contributed by atoms with Crippen LogP contribution in [0.4, 0.5) is 0 Å². The number of hydrogen-bond acceptors (Lipinski definition) is 4. The van der Waals surface area contributed by atoms with Gasteiger partial charge in [-0.1, -0.05) is 24.3 Å². The molecule has 1 fully saturated rings. The molecular weight excluding hydrogens is 390 g/mol. The number of nitrogens with one attached hydrogen (secondary N) is 1. The number of piperidine rings is 1. The van der Waals surface area contributed by atoms with Crippen LogP contribution in [-0.2, 0) is 21.4 Å². The van der Waals surface area contributed by atoms with Crippen LogP contribution < -0.4 is 11.1 Å². The molecule has 1 saturated heterocycles. The molecule has 1 heterocycles. The molecule has 7 nitrogen and oxygen atoms in total. The Morgan fingerprint density at radius 1 is 1.07 bits per heavy atom. The van der Waals surface area contributed by atoms with Crippen LogP contribution in [0.2, 0.25) is 0 Å². The minimum atomic E-state index is -3.66. The second-order valence-electron chi connectivity index (χ2n) is 7.21. The average Bonchev–Trinajstić information content (AvgIpc) is 2.73. The molecule has 0 bridgehead atoms. The summed E-state index contributed by atoms with van der Waals surface area (Å²) < 4.78 is 27.0. The van der Waals surface area contributed by atoms with Crippen molar-refractivity contribution in [2.24, 2.45) is 11.7 Å². The van der Waals surface area contributed by atoms with Gasteiger partial charge in [-0.15, -0.1) is 0 Å². The fourth-order valence-corrected chi connectivity index (χ4v) is 4.90. The summed E-state index contributed by atoms with van der Waals surface area (Å²) in [5.41, 5.74) is 7.64. The minimum Gasteiger partial charge on any atom is -0.366 e. The lowest BCUT2D eigenvalue weighted by molar-refractivity contribution is -0.126. The molecule has 0 aliphatic carbocycles. The van der Waals surface area contributed by atoms with E-state index in [9.17, 15) is 18.0 Å². The SMILES string of the molecule is Cc1ccccc1CNC(=O)C1CCN(S(=O)(=O)c2ccc(C(N)=O)cc2)CC1. The number of primary amides is 1. The highest BCUT2D eigenvalue weighted by Gasteiger charge is 2.32. The normalized spacial score (nSPS) is 15.8. The maximum Gasteiger partial charge on any atom is 0.248 e. The smallest absolute Gasteiger partial charge is 0.248 e. The molecule has 1 aliphatic rings. The van der Waals surface area contributed by atoms with Gasteiger partial charge in [0.25, 0.3) is 0 Å². The van der Waals surface area contributed by atoms with E-state index in [4.69, 9.17) is 5.73 Å². The molecule has 0 aromatic heterocycles. The zero-order chi connectivity index (χ0) is 21.0. The Labute approximate surface area is 171 Å². The Kier molecular flexibility index (Phi) is 6.34. The van der Waals surface area contributed by atoms with E-state index in [1.165, 1.54) is 28.6 Å². The Bertz CT molecular complexity index is 995. The van der Waals surface area contributed by atoms with Crippen molar-refractivity contribution in [3.8, 4) is 0 Å². The monoisotopic (exact) mass is 415 g/mol. The molecule has 8 heteroatoms. The highest BCUT2D eigenvalue weighted by molar-refractivity contribution is 7.89. The molecule has 2 aromatic carbocycles. The lowest BCUT2D eigenvalue weighted by atomic mass is 9.97. The van der Waals surface area contributed by atoms with Gasteiger partial charge < -0.3 is 11.1 Å². The first-order valence-corrected chi connectivity index (χ1v) is 11.0. The van der Waals surface area contributed by atoms with Crippen LogP contribution in [0.5, 0.6) is 0 Å². The standard InChI is InChI=1S/C21H25N3O4S/c1-15-4-2-3-5-18(15)14-23-21(26)17-10-12-24(13-11-17)29(27,28)19-8-6-16(7-9-19)20(22)25/h2-9,17H,10-14H2,1H3,(H2,22,25)(H,23,26). The number of hydrogen-bond donors (Lipinski definition) is 2. The average molecular weight is 416 g/mol. The molecule has 2 amide bonds. The van der Waals surface area contributed by atoms with Gasteiger partial charge in [0.1, 0.15) is 0 Å². The van der Waals surface area contributed by atoms with Crippen molar-refractivity contribution < 1.29 is 18.0 Å². The van der Waals surface area contributed by atoms with E-state index in [1.54, 1.807) is 0 Å². The zero-order valence-electron chi connectivity index (χ0n) is 16.3. The van der Waals surface area contributed by atoms with Crippen LogP contribution in [0.15, 0.2) is 53.4 Å². The Morgan fingerprint density at radius 2 is 1.69 bits per heavy atom. The van der Waals surface area contributed by atoms with Crippen LogP contribution in [0.1, 0.15) is 34.3 Å². The van der Waals surface area contributed by atoms with Gasteiger partial charge in [-0.05, 0) is 55.2 Å². The van der Waals surface area contributed by atoms with Gasteiger partial charge in [0.15, 0.2) is 0 Å². The highest BCUT2D eigenvalue weighted by atomic mass is 32.2. The van der Waals surface area contributed by atoms with Gasteiger partial charge in [0, 0.05) is 31.1 Å². The third-order valence-electron chi connectivity index (χ3n) is 5.32. The van der Waals surface area contributed by atoms with E-state index in [-0.39, 0.29) is 35.4 Å². The second-order valence-corrected chi connectivity index (χ2v) is 9.15. The minimum absolute atomic E-state index is 0.0453. The first-order valence-electron chi connectivity index (χ1n) is 9.51. The molecule has 0 unspecified atom stereocenters. The quantitative estimate of drug-likeness (QED) is 0.750. The highest BCUT2D eigenvalue weighted by Crippen LogP contribution is 2.24. The van der Waals surface area contributed by atoms with E-state index in [0.29, 0.717) is 19.4 Å². The fraction of sp³-hybridized carbons (Fsp3) is 0.333. The summed E-state index contributed by atoms with van der Waals surface area (Å²) >= 11 is 0. The van der Waals surface area contributed by atoms with Gasteiger partial charge in [0.2, 0.25) is 21.8 Å². The third-order valence-corrected chi connectivity index (χ3v) is 7.23. The molecule has 0 saturated carbocycles. The van der Waals surface area contributed by atoms with E-state index < -0.39 is 15.9 Å². The van der Waals surface area contributed by atoms with Crippen molar-refractivity contribution in [1.82, 2.24) is 9.62 Å². The van der Waals surface area contributed by atoms with Gasteiger partial charge in [-0.25, -0.2) is 8.42 Å². The number of aryl methyl sites for hydroxylation is 1. The van der Waals surface area contributed by atoms with Crippen LogP contribution >= 0.6 is 0 Å². The second kappa shape index (κ2) is 8.75. The van der Waals surface area contributed by atoms with Crippen molar-refractivity contribution in [1.29, 1.82) is 0 Å². The van der Waals surface area contributed by atoms with Crippen molar-refractivity contribution in [2.45, 2.75) is 31.2 Å². The largest absolute Gasteiger partial charge is 0.366 e. The molecular formula is C21H25N3O4S. The topological polar surface area (TPSA) is 110 Å². The summed E-state index contributed by atoms with van der Waals surface area (Å²) in [4.78, 5) is 23.8. The number of sulfonamides is 1. The summed E-state index contributed by atoms with van der Waals surface area (Å²) in [6.45, 7) is 3.03.